The van der Waals surface area contributed by atoms with E-state index >= 15 is 0 Å². The Kier molecular flexibility index (Phi) is 5.54. The Balaban J connectivity index is 1.87. The molecule has 1 saturated heterocycles. The number of carbonyl (C=O) groups excluding carboxylic acids is 1. The number of benzene rings is 1. The third-order valence-corrected chi connectivity index (χ3v) is 3.27. The number of carbonyl (C=O) groups is 1. The summed E-state index contributed by atoms with van der Waals surface area (Å²) in [6, 6.07) is 4.19. The number of nitro benzene ring substituents is 1. The van der Waals surface area contributed by atoms with Gasteiger partial charge in [-0.2, -0.15) is 0 Å². The molecule has 0 spiro atoms. The molecule has 0 saturated carbocycles. The maximum Gasteiger partial charge on any atom is 0.314 e. The highest BCUT2D eigenvalue weighted by Crippen LogP contribution is 2.30. The molecule has 2 rings (SSSR count). The molecule has 120 valence electrons. The van der Waals surface area contributed by atoms with Crippen LogP contribution in [0.25, 0.3) is 0 Å². The standard InChI is InChI=1S/C14H18N2O6/c1-20-10-4-5-13(12(7-10)16(18)19)22-9-14(17)15-8-11-3-2-6-21-11/h4-5,7,11H,2-3,6,8-9H2,1H3,(H,15,17)/t11-/m0/s1. The summed E-state index contributed by atoms with van der Waals surface area (Å²) in [7, 11) is 1.41. The second-order valence-corrected chi connectivity index (χ2v) is 4.82. The second-order valence-electron chi connectivity index (χ2n) is 4.82. The monoisotopic (exact) mass is 310 g/mol. The lowest BCUT2D eigenvalue weighted by Gasteiger charge is -2.11. The van der Waals surface area contributed by atoms with Crippen LogP contribution < -0.4 is 14.8 Å². The molecule has 1 amide bonds. The first-order valence-corrected chi connectivity index (χ1v) is 6.93. The van der Waals surface area contributed by atoms with Crippen LogP contribution in [0.5, 0.6) is 11.5 Å². The normalized spacial score (nSPS) is 17.0. The predicted octanol–water partition coefficient (Wildman–Crippen LogP) is 1.28. The highest BCUT2D eigenvalue weighted by molar-refractivity contribution is 5.77. The molecule has 8 nitrogen and oxygen atoms in total. The molecule has 8 heteroatoms. The Morgan fingerprint density at radius 1 is 1.55 bits per heavy atom. The van der Waals surface area contributed by atoms with E-state index in [2.05, 4.69) is 5.32 Å². The van der Waals surface area contributed by atoms with Crippen LogP contribution in [0.15, 0.2) is 18.2 Å². The molecular weight excluding hydrogens is 292 g/mol. The van der Waals surface area contributed by atoms with E-state index in [1.807, 2.05) is 0 Å². The molecule has 0 radical (unpaired) electrons. The molecule has 0 bridgehead atoms. The van der Waals surface area contributed by atoms with Crippen LogP contribution in [-0.4, -0.2) is 43.8 Å². The first-order valence-electron chi connectivity index (χ1n) is 6.93. The van der Waals surface area contributed by atoms with Crippen molar-refractivity contribution in [3.63, 3.8) is 0 Å². The smallest absolute Gasteiger partial charge is 0.314 e. The number of nitrogens with zero attached hydrogens (tertiary/aromatic N) is 1. The Hall–Kier alpha value is -2.35. The molecule has 0 aromatic heterocycles. The van der Waals surface area contributed by atoms with E-state index in [0.29, 0.717) is 12.3 Å². The van der Waals surface area contributed by atoms with Crippen molar-refractivity contribution in [1.82, 2.24) is 5.32 Å². The summed E-state index contributed by atoms with van der Waals surface area (Å²) < 4.78 is 15.5. The van der Waals surface area contributed by atoms with Crippen LogP contribution in [0.1, 0.15) is 12.8 Å². The van der Waals surface area contributed by atoms with E-state index < -0.39 is 4.92 Å². The minimum Gasteiger partial charge on any atom is -0.496 e. The van der Waals surface area contributed by atoms with Gasteiger partial charge in [0.05, 0.1) is 24.2 Å². The van der Waals surface area contributed by atoms with Crippen molar-refractivity contribution in [1.29, 1.82) is 0 Å². The van der Waals surface area contributed by atoms with Gasteiger partial charge in [0.1, 0.15) is 5.75 Å². The van der Waals surface area contributed by atoms with E-state index in [4.69, 9.17) is 14.2 Å². The fourth-order valence-corrected chi connectivity index (χ4v) is 2.12. The third-order valence-electron chi connectivity index (χ3n) is 3.27. The molecule has 0 aliphatic carbocycles. The van der Waals surface area contributed by atoms with Gasteiger partial charge in [-0.25, -0.2) is 0 Å². The topological polar surface area (TPSA) is 99.9 Å². The maximum atomic E-state index is 11.7. The number of amides is 1. The highest BCUT2D eigenvalue weighted by Gasteiger charge is 2.19. The lowest BCUT2D eigenvalue weighted by molar-refractivity contribution is -0.385. The number of nitro groups is 1. The summed E-state index contributed by atoms with van der Waals surface area (Å²) in [5, 5.41) is 13.7. The first-order chi connectivity index (χ1) is 10.6. The zero-order valence-electron chi connectivity index (χ0n) is 12.2. The number of rotatable bonds is 7. The van der Waals surface area contributed by atoms with Gasteiger partial charge >= 0.3 is 5.69 Å². The summed E-state index contributed by atoms with van der Waals surface area (Å²) >= 11 is 0. The van der Waals surface area contributed by atoms with Crippen LogP contribution >= 0.6 is 0 Å². The van der Waals surface area contributed by atoms with Crippen LogP contribution in [0.3, 0.4) is 0 Å². The summed E-state index contributed by atoms with van der Waals surface area (Å²) in [5.74, 6) is 0.0283. The van der Waals surface area contributed by atoms with Crippen molar-refractivity contribution >= 4 is 11.6 Å². The molecule has 1 aliphatic heterocycles. The number of ether oxygens (including phenoxy) is 3. The lowest BCUT2D eigenvalue weighted by atomic mass is 10.2. The van der Waals surface area contributed by atoms with Gasteiger partial charge in [-0.1, -0.05) is 0 Å². The van der Waals surface area contributed by atoms with Gasteiger partial charge in [0.2, 0.25) is 0 Å². The van der Waals surface area contributed by atoms with Crippen LogP contribution in [-0.2, 0) is 9.53 Å². The summed E-state index contributed by atoms with van der Waals surface area (Å²) in [6.45, 7) is 0.849. The van der Waals surface area contributed by atoms with Crippen molar-refractivity contribution in [2.24, 2.45) is 0 Å². The molecule has 22 heavy (non-hydrogen) atoms. The van der Waals surface area contributed by atoms with Crippen molar-refractivity contribution in [2.45, 2.75) is 18.9 Å². The summed E-state index contributed by atoms with van der Waals surface area (Å²) in [5.41, 5.74) is -0.244. The molecule has 1 N–H and O–H groups in total. The van der Waals surface area contributed by atoms with Gasteiger partial charge in [0, 0.05) is 13.2 Å². The summed E-state index contributed by atoms with van der Waals surface area (Å²) in [6.07, 6.45) is 1.96. The number of methoxy groups -OCH3 is 1. The van der Waals surface area contributed by atoms with Crippen LogP contribution in [0, 0.1) is 10.1 Å². The zero-order chi connectivity index (χ0) is 15.9. The van der Waals surface area contributed by atoms with E-state index in [1.54, 1.807) is 0 Å². The first kappa shape index (κ1) is 16.0. The number of nitrogens with one attached hydrogen (secondary N) is 1. The van der Waals surface area contributed by atoms with Gasteiger partial charge in [-0.15, -0.1) is 0 Å². The van der Waals surface area contributed by atoms with Gasteiger partial charge in [0.15, 0.2) is 12.4 Å². The van der Waals surface area contributed by atoms with Crippen LogP contribution in [0.4, 0.5) is 5.69 Å². The predicted molar refractivity (Wildman–Crippen MR) is 77.1 cm³/mol. The Morgan fingerprint density at radius 3 is 3.00 bits per heavy atom. The zero-order valence-corrected chi connectivity index (χ0v) is 12.2. The molecular formula is C14H18N2O6. The average molecular weight is 310 g/mol. The van der Waals surface area contributed by atoms with E-state index in [9.17, 15) is 14.9 Å². The fraction of sp³-hybridized carbons (Fsp3) is 0.500. The van der Waals surface area contributed by atoms with E-state index in [-0.39, 0.29) is 30.1 Å². The lowest BCUT2D eigenvalue weighted by Crippen LogP contribution is -2.35. The van der Waals surface area contributed by atoms with Crippen molar-refractivity contribution < 1.29 is 23.9 Å². The molecule has 1 aromatic carbocycles. The van der Waals surface area contributed by atoms with Gasteiger partial charge in [-0.05, 0) is 25.0 Å². The Morgan fingerprint density at radius 2 is 2.36 bits per heavy atom. The quantitative estimate of drug-likeness (QED) is 0.601. The van der Waals surface area contributed by atoms with E-state index in [0.717, 1.165) is 19.4 Å². The molecule has 1 atom stereocenters. The van der Waals surface area contributed by atoms with Gasteiger partial charge in [0.25, 0.3) is 5.91 Å². The largest absolute Gasteiger partial charge is 0.496 e. The van der Waals surface area contributed by atoms with Crippen molar-refractivity contribution in [3.05, 3.63) is 28.3 Å². The van der Waals surface area contributed by atoms with Crippen molar-refractivity contribution in [3.8, 4) is 11.5 Å². The Bertz CT molecular complexity index is 542. The average Bonchev–Trinajstić information content (AvgIpc) is 3.04. The number of hydrogen-bond donors (Lipinski definition) is 1. The third kappa shape index (κ3) is 4.32. The Labute approximate surface area is 127 Å². The SMILES string of the molecule is COc1ccc(OCC(=O)NC[C@@H]2CCCO2)c([N+](=O)[O-])c1. The molecule has 1 heterocycles. The van der Waals surface area contributed by atoms with Gasteiger partial charge < -0.3 is 19.5 Å². The van der Waals surface area contributed by atoms with Gasteiger partial charge in [-0.3, -0.25) is 14.9 Å². The molecule has 1 fully saturated rings. The summed E-state index contributed by atoms with van der Waals surface area (Å²) in [4.78, 5) is 22.1. The molecule has 1 aliphatic rings. The maximum absolute atomic E-state index is 11.7. The van der Waals surface area contributed by atoms with Crippen molar-refractivity contribution in [2.75, 3.05) is 26.9 Å². The van der Waals surface area contributed by atoms with Crippen LogP contribution in [0.2, 0.25) is 0 Å². The minimum absolute atomic E-state index is 0.0260. The van der Waals surface area contributed by atoms with E-state index in [1.165, 1.54) is 25.3 Å². The number of hydrogen-bond acceptors (Lipinski definition) is 6. The minimum atomic E-state index is -0.581. The molecule has 1 aromatic rings. The fourth-order valence-electron chi connectivity index (χ4n) is 2.12. The molecule has 0 unspecified atom stereocenters. The highest BCUT2D eigenvalue weighted by atomic mass is 16.6. The second kappa shape index (κ2) is 7.60.